The van der Waals surface area contributed by atoms with E-state index in [2.05, 4.69) is 15.3 Å². The molecule has 2 atom stereocenters. The SMILES string of the molecule is COCCN1C(=O)N[C@H]2CN(Cc3cn(-c4ccccc4F)nc3C)CC[C@H]21. The largest absolute Gasteiger partial charge is 0.383 e. The average Bonchev–Trinajstić information content (AvgIpc) is 3.19. The van der Waals surface area contributed by atoms with Gasteiger partial charge in [-0.1, -0.05) is 12.1 Å². The molecule has 28 heavy (non-hydrogen) atoms. The van der Waals surface area contributed by atoms with Gasteiger partial charge in [0.2, 0.25) is 0 Å². The number of carbonyl (C=O) groups excluding carboxylic acids is 1. The van der Waals surface area contributed by atoms with Gasteiger partial charge in [0.15, 0.2) is 0 Å². The molecule has 0 saturated carbocycles. The van der Waals surface area contributed by atoms with E-state index in [1.165, 1.54) is 6.07 Å². The number of hydrogen-bond acceptors (Lipinski definition) is 4. The first-order valence-corrected chi connectivity index (χ1v) is 9.65. The molecule has 2 saturated heterocycles. The topological polar surface area (TPSA) is 62.6 Å². The maximum absolute atomic E-state index is 14.1. The molecular weight excluding hydrogens is 361 g/mol. The molecule has 0 spiro atoms. The summed E-state index contributed by atoms with van der Waals surface area (Å²) in [6.07, 6.45) is 2.82. The summed E-state index contributed by atoms with van der Waals surface area (Å²) < 4.78 is 20.8. The Bertz CT molecular complexity index is 855. The number of hydrogen-bond donors (Lipinski definition) is 1. The fraction of sp³-hybridized carbons (Fsp3) is 0.500. The number of nitrogens with one attached hydrogen (secondary N) is 1. The minimum absolute atomic E-state index is 0.00236. The summed E-state index contributed by atoms with van der Waals surface area (Å²) in [7, 11) is 1.65. The fourth-order valence-electron chi connectivity index (χ4n) is 4.17. The first kappa shape index (κ1) is 18.9. The van der Waals surface area contributed by atoms with Crippen LogP contribution in [0.2, 0.25) is 0 Å². The molecule has 8 heteroatoms. The molecule has 0 radical (unpaired) electrons. The van der Waals surface area contributed by atoms with E-state index in [1.54, 1.807) is 30.0 Å². The van der Waals surface area contributed by atoms with E-state index >= 15 is 0 Å². The molecule has 1 aromatic carbocycles. The number of halogens is 1. The first-order valence-electron chi connectivity index (χ1n) is 9.65. The molecule has 1 aromatic heterocycles. The monoisotopic (exact) mass is 387 g/mol. The Morgan fingerprint density at radius 1 is 1.36 bits per heavy atom. The normalized spacial score (nSPS) is 22.4. The van der Waals surface area contributed by atoms with Crippen molar-refractivity contribution >= 4 is 6.03 Å². The Labute approximate surface area is 164 Å². The van der Waals surface area contributed by atoms with Gasteiger partial charge in [-0.2, -0.15) is 5.10 Å². The summed E-state index contributed by atoms with van der Waals surface area (Å²) >= 11 is 0. The van der Waals surface area contributed by atoms with Crippen LogP contribution in [0.15, 0.2) is 30.5 Å². The number of ether oxygens (including phenoxy) is 1. The quantitative estimate of drug-likeness (QED) is 0.823. The zero-order valence-electron chi connectivity index (χ0n) is 16.3. The summed E-state index contributed by atoms with van der Waals surface area (Å²) in [4.78, 5) is 16.5. The van der Waals surface area contributed by atoms with Crippen molar-refractivity contribution in [2.75, 3.05) is 33.4 Å². The second kappa shape index (κ2) is 7.89. The molecule has 0 aliphatic carbocycles. The van der Waals surface area contributed by atoms with E-state index in [4.69, 9.17) is 4.74 Å². The van der Waals surface area contributed by atoms with Gasteiger partial charge < -0.3 is 15.0 Å². The zero-order chi connectivity index (χ0) is 19.7. The molecule has 2 aliphatic rings. The van der Waals surface area contributed by atoms with Gasteiger partial charge in [0.1, 0.15) is 11.5 Å². The van der Waals surface area contributed by atoms with E-state index in [0.29, 0.717) is 18.8 Å². The highest BCUT2D eigenvalue weighted by molar-refractivity contribution is 5.77. The lowest BCUT2D eigenvalue weighted by Crippen LogP contribution is -2.51. The predicted octanol–water partition coefficient (Wildman–Crippen LogP) is 1.93. The number of rotatable bonds is 6. The van der Waals surface area contributed by atoms with Crippen LogP contribution in [0, 0.1) is 12.7 Å². The van der Waals surface area contributed by atoms with E-state index < -0.39 is 0 Å². The predicted molar refractivity (Wildman–Crippen MR) is 103 cm³/mol. The highest BCUT2D eigenvalue weighted by Crippen LogP contribution is 2.24. The lowest BCUT2D eigenvalue weighted by Gasteiger charge is -2.36. The maximum Gasteiger partial charge on any atom is 0.318 e. The van der Waals surface area contributed by atoms with Crippen LogP contribution >= 0.6 is 0 Å². The number of aromatic nitrogens is 2. The van der Waals surface area contributed by atoms with Crippen molar-refractivity contribution in [3.8, 4) is 5.69 Å². The number of amides is 2. The fourth-order valence-corrected chi connectivity index (χ4v) is 4.17. The van der Waals surface area contributed by atoms with Gasteiger partial charge in [-0.25, -0.2) is 13.9 Å². The third kappa shape index (κ3) is 3.62. The van der Waals surface area contributed by atoms with Crippen LogP contribution in [0.5, 0.6) is 0 Å². The lowest BCUT2D eigenvalue weighted by atomic mass is 9.99. The minimum atomic E-state index is -0.290. The Hall–Kier alpha value is -2.45. The second-order valence-electron chi connectivity index (χ2n) is 7.47. The molecule has 0 bridgehead atoms. The van der Waals surface area contributed by atoms with E-state index in [9.17, 15) is 9.18 Å². The number of carbonyl (C=O) groups is 1. The van der Waals surface area contributed by atoms with Gasteiger partial charge in [0, 0.05) is 45.0 Å². The number of nitrogens with zero attached hydrogens (tertiary/aromatic N) is 4. The van der Waals surface area contributed by atoms with Crippen molar-refractivity contribution in [3.63, 3.8) is 0 Å². The average molecular weight is 387 g/mol. The summed E-state index contributed by atoms with van der Waals surface area (Å²) in [5, 5.41) is 7.59. The summed E-state index contributed by atoms with van der Waals surface area (Å²) in [5.74, 6) is -0.290. The van der Waals surface area contributed by atoms with Crippen molar-refractivity contribution in [3.05, 3.63) is 47.5 Å². The number of benzene rings is 1. The number of methoxy groups -OCH3 is 1. The van der Waals surface area contributed by atoms with Crippen LogP contribution in [0.1, 0.15) is 17.7 Å². The van der Waals surface area contributed by atoms with Crippen molar-refractivity contribution in [2.45, 2.75) is 32.0 Å². The van der Waals surface area contributed by atoms with Gasteiger partial charge >= 0.3 is 6.03 Å². The molecule has 3 heterocycles. The van der Waals surface area contributed by atoms with Gasteiger partial charge in [0.05, 0.1) is 24.4 Å². The van der Waals surface area contributed by atoms with Gasteiger partial charge in [-0.05, 0) is 25.5 Å². The van der Waals surface area contributed by atoms with Crippen LogP contribution in [0.25, 0.3) is 5.69 Å². The zero-order valence-corrected chi connectivity index (χ0v) is 16.3. The number of urea groups is 1. The van der Waals surface area contributed by atoms with Crippen LogP contribution in [-0.4, -0.2) is 71.0 Å². The van der Waals surface area contributed by atoms with Crippen molar-refractivity contribution in [1.29, 1.82) is 0 Å². The molecule has 7 nitrogen and oxygen atoms in total. The second-order valence-corrected chi connectivity index (χ2v) is 7.47. The number of likely N-dealkylation sites (tertiary alicyclic amines) is 1. The first-order chi connectivity index (χ1) is 13.6. The standard InChI is InChI=1S/C20H26FN5O2/c1-14-15(12-26(23-14)18-6-4-3-5-16(18)21)11-24-8-7-19-17(13-24)22-20(27)25(19)9-10-28-2/h3-6,12,17,19H,7-11,13H2,1-2H3,(H,22,27)/t17-,19+/m0/s1. The van der Waals surface area contributed by atoms with Crippen LogP contribution in [0.3, 0.4) is 0 Å². The van der Waals surface area contributed by atoms with Gasteiger partial charge in [-0.15, -0.1) is 0 Å². The molecule has 2 aliphatic heterocycles. The highest BCUT2D eigenvalue weighted by Gasteiger charge is 2.42. The van der Waals surface area contributed by atoms with Crippen LogP contribution < -0.4 is 5.32 Å². The molecule has 2 amide bonds. The minimum Gasteiger partial charge on any atom is -0.383 e. The molecule has 2 fully saturated rings. The molecule has 4 rings (SSSR count). The van der Waals surface area contributed by atoms with Crippen molar-refractivity contribution < 1.29 is 13.9 Å². The number of fused-ring (bicyclic) bond motifs is 1. The molecular formula is C20H26FN5O2. The highest BCUT2D eigenvalue weighted by atomic mass is 19.1. The Morgan fingerprint density at radius 2 is 2.18 bits per heavy atom. The Balaban J connectivity index is 1.43. The van der Waals surface area contributed by atoms with Gasteiger partial charge in [-0.3, -0.25) is 4.90 Å². The van der Waals surface area contributed by atoms with Crippen molar-refractivity contribution in [2.24, 2.45) is 0 Å². The van der Waals surface area contributed by atoms with E-state index in [0.717, 1.165) is 37.3 Å². The number of aryl methyl sites for hydroxylation is 1. The van der Waals surface area contributed by atoms with E-state index in [-0.39, 0.29) is 23.9 Å². The van der Waals surface area contributed by atoms with E-state index in [1.807, 2.05) is 18.0 Å². The number of para-hydroxylation sites is 1. The third-order valence-corrected chi connectivity index (χ3v) is 5.66. The lowest BCUT2D eigenvalue weighted by molar-refractivity contribution is 0.111. The molecule has 0 unspecified atom stereocenters. The molecule has 150 valence electrons. The maximum atomic E-state index is 14.1. The smallest absolute Gasteiger partial charge is 0.318 e. The summed E-state index contributed by atoms with van der Waals surface area (Å²) in [5.41, 5.74) is 2.41. The third-order valence-electron chi connectivity index (χ3n) is 5.66. The number of piperidine rings is 1. The van der Waals surface area contributed by atoms with Crippen LogP contribution in [-0.2, 0) is 11.3 Å². The Kier molecular flexibility index (Phi) is 5.32. The Morgan fingerprint density at radius 3 is 2.96 bits per heavy atom. The molecule has 1 N–H and O–H groups in total. The van der Waals surface area contributed by atoms with Gasteiger partial charge in [0.25, 0.3) is 0 Å². The molecule has 2 aromatic rings. The summed E-state index contributed by atoms with van der Waals surface area (Å²) in [6.45, 7) is 5.56. The van der Waals surface area contributed by atoms with Crippen molar-refractivity contribution in [1.82, 2.24) is 24.9 Å². The summed E-state index contributed by atoms with van der Waals surface area (Å²) in [6, 6.07) is 6.98. The van der Waals surface area contributed by atoms with Crippen LogP contribution in [0.4, 0.5) is 9.18 Å².